The number of rotatable bonds is 5. The Bertz CT molecular complexity index is 130. The van der Waals surface area contributed by atoms with Crippen molar-refractivity contribution in [3.63, 3.8) is 0 Å². The molecule has 0 aromatic carbocycles. The molecule has 12 heavy (non-hydrogen) atoms. The van der Waals surface area contributed by atoms with E-state index in [0.29, 0.717) is 12.3 Å². The van der Waals surface area contributed by atoms with E-state index in [9.17, 15) is 4.79 Å². The highest BCUT2D eigenvalue weighted by Crippen LogP contribution is 2.06. The number of carbonyl (C=O) groups is 1. The van der Waals surface area contributed by atoms with Gasteiger partial charge in [-0.3, -0.25) is 4.79 Å². The first-order valence-corrected chi connectivity index (χ1v) is 4.55. The van der Waals surface area contributed by atoms with Crippen molar-refractivity contribution in [3.05, 3.63) is 6.42 Å². The summed E-state index contributed by atoms with van der Waals surface area (Å²) >= 11 is 0. The van der Waals surface area contributed by atoms with E-state index >= 15 is 0 Å². The van der Waals surface area contributed by atoms with Crippen molar-refractivity contribution in [3.8, 4) is 0 Å². The summed E-state index contributed by atoms with van der Waals surface area (Å²) in [6.45, 7) is 7.96. The minimum Gasteiger partial charge on any atom is -0.462 e. The van der Waals surface area contributed by atoms with E-state index in [2.05, 4.69) is 13.8 Å². The monoisotopic (exact) mass is 171 g/mol. The lowest BCUT2D eigenvalue weighted by atomic mass is 10.1. The van der Waals surface area contributed by atoms with Gasteiger partial charge in [0.05, 0.1) is 0 Å². The molecular weight excluding hydrogens is 152 g/mol. The van der Waals surface area contributed by atoms with Crippen LogP contribution in [0, 0.1) is 12.3 Å². The van der Waals surface area contributed by atoms with E-state index in [0.717, 1.165) is 6.42 Å². The fraction of sp³-hybridized carbons (Fsp3) is 0.800. The molecular formula is C10H19O2. The summed E-state index contributed by atoms with van der Waals surface area (Å²) in [5.41, 5.74) is 0. The van der Waals surface area contributed by atoms with E-state index in [4.69, 9.17) is 4.74 Å². The Labute approximate surface area is 75.3 Å². The first kappa shape index (κ1) is 11.5. The van der Waals surface area contributed by atoms with Crippen molar-refractivity contribution < 1.29 is 9.53 Å². The summed E-state index contributed by atoms with van der Waals surface area (Å²) < 4.78 is 5.06. The van der Waals surface area contributed by atoms with Crippen LogP contribution in [0.15, 0.2) is 0 Å². The molecule has 0 aromatic heterocycles. The number of hydrogen-bond acceptors (Lipinski definition) is 2. The second-order valence-electron chi connectivity index (χ2n) is 3.46. The van der Waals surface area contributed by atoms with Gasteiger partial charge in [-0.1, -0.05) is 20.8 Å². The molecule has 0 aromatic rings. The number of ether oxygens (including phenoxy) is 1. The Hall–Kier alpha value is -0.530. The standard InChI is InChI=1S/C10H19O2/c1-5-9(4)12-10(11)7-6-8(2)3/h5,8-9H,6-7H2,1-4H3/t9-/m0/s1. The third-order valence-electron chi connectivity index (χ3n) is 1.71. The maximum Gasteiger partial charge on any atom is 0.306 e. The molecule has 0 aliphatic carbocycles. The van der Waals surface area contributed by atoms with Crippen LogP contribution >= 0.6 is 0 Å². The van der Waals surface area contributed by atoms with Crippen LogP contribution < -0.4 is 0 Å². The SMILES string of the molecule is C[CH][C@H](C)OC(=O)CCC(C)C. The lowest BCUT2D eigenvalue weighted by Crippen LogP contribution is -2.14. The summed E-state index contributed by atoms with van der Waals surface area (Å²) in [5.74, 6) is 0.479. The topological polar surface area (TPSA) is 26.3 Å². The third-order valence-corrected chi connectivity index (χ3v) is 1.71. The van der Waals surface area contributed by atoms with Gasteiger partial charge in [-0.15, -0.1) is 0 Å². The minimum atomic E-state index is -0.0886. The summed E-state index contributed by atoms with van der Waals surface area (Å²) in [6, 6.07) is 0. The van der Waals surface area contributed by atoms with Crippen molar-refractivity contribution in [1.82, 2.24) is 0 Å². The van der Waals surface area contributed by atoms with Gasteiger partial charge in [-0.05, 0) is 25.7 Å². The fourth-order valence-corrected chi connectivity index (χ4v) is 0.741. The normalized spacial score (nSPS) is 13.1. The Morgan fingerprint density at radius 3 is 2.42 bits per heavy atom. The van der Waals surface area contributed by atoms with Gasteiger partial charge in [0.25, 0.3) is 0 Å². The summed E-state index contributed by atoms with van der Waals surface area (Å²) in [7, 11) is 0. The summed E-state index contributed by atoms with van der Waals surface area (Å²) in [6.07, 6.45) is 3.27. The van der Waals surface area contributed by atoms with Crippen LogP contribution in [-0.4, -0.2) is 12.1 Å². The number of hydrogen-bond donors (Lipinski definition) is 0. The minimum absolute atomic E-state index is 0.0512. The molecule has 2 heteroatoms. The highest BCUT2D eigenvalue weighted by Gasteiger charge is 2.07. The van der Waals surface area contributed by atoms with Crippen LogP contribution in [0.2, 0.25) is 0 Å². The van der Waals surface area contributed by atoms with Crippen LogP contribution in [0.4, 0.5) is 0 Å². The quantitative estimate of drug-likeness (QED) is 0.594. The van der Waals surface area contributed by atoms with E-state index in [1.807, 2.05) is 20.3 Å². The number of esters is 1. The molecule has 0 unspecified atom stereocenters. The Kier molecular flexibility index (Phi) is 5.77. The second-order valence-corrected chi connectivity index (χ2v) is 3.46. The Balaban J connectivity index is 3.46. The largest absolute Gasteiger partial charge is 0.462 e. The van der Waals surface area contributed by atoms with Gasteiger partial charge in [0, 0.05) is 6.42 Å². The maximum atomic E-state index is 11.1. The zero-order chi connectivity index (χ0) is 9.56. The van der Waals surface area contributed by atoms with E-state index in [1.54, 1.807) is 0 Å². The highest BCUT2D eigenvalue weighted by atomic mass is 16.5. The lowest BCUT2D eigenvalue weighted by Gasteiger charge is -2.10. The van der Waals surface area contributed by atoms with Crippen LogP contribution in [0.1, 0.15) is 40.5 Å². The van der Waals surface area contributed by atoms with Gasteiger partial charge in [-0.2, -0.15) is 0 Å². The van der Waals surface area contributed by atoms with Crippen molar-refractivity contribution in [2.75, 3.05) is 0 Å². The van der Waals surface area contributed by atoms with Gasteiger partial charge in [0.1, 0.15) is 6.10 Å². The zero-order valence-corrected chi connectivity index (χ0v) is 8.46. The molecule has 0 spiro atoms. The van der Waals surface area contributed by atoms with Crippen molar-refractivity contribution >= 4 is 5.97 Å². The molecule has 0 aliphatic heterocycles. The third kappa shape index (κ3) is 6.20. The first-order chi connectivity index (χ1) is 5.56. The van der Waals surface area contributed by atoms with E-state index in [1.165, 1.54) is 0 Å². The fourth-order valence-electron chi connectivity index (χ4n) is 0.741. The average Bonchev–Trinajstić information content (AvgIpc) is 2.00. The van der Waals surface area contributed by atoms with Crippen LogP contribution in [0.25, 0.3) is 0 Å². The van der Waals surface area contributed by atoms with Crippen LogP contribution in [0.3, 0.4) is 0 Å². The van der Waals surface area contributed by atoms with Gasteiger partial charge in [0.2, 0.25) is 0 Å². The average molecular weight is 171 g/mol. The summed E-state index contributed by atoms with van der Waals surface area (Å²) in [4.78, 5) is 11.1. The molecule has 1 atom stereocenters. The zero-order valence-electron chi connectivity index (χ0n) is 8.46. The van der Waals surface area contributed by atoms with Gasteiger partial charge >= 0.3 is 5.97 Å². The Morgan fingerprint density at radius 1 is 1.42 bits per heavy atom. The van der Waals surface area contributed by atoms with Crippen molar-refractivity contribution in [2.24, 2.45) is 5.92 Å². The highest BCUT2D eigenvalue weighted by molar-refractivity contribution is 5.69. The molecule has 0 amide bonds. The molecule has 0 heterocycles. The molecule has 0 aliphatic rings. The van der Waals surface area contributed by atoms with Gasteiger partial charge < -0.3 is 4.74 Å². The number of carbonyl (C=O) groups excluding carboxylic acids is 1. The molecule has 1 radical (unpaired) electrons. The molecule has 0 saturated heterocycles. The smallest absolute Gasteiger partial charge is 0.306 e. The van der Waals surface area contributed by atoms with Crippen LogP contribution in [0.5, 0.6) is 0 Å². The van der Waals surface area contributed by atoms with Crippen molar-refractivity contribution in [2.45, 2.75) is 46.6 Å². The van der Waals surface area contributed by atoms with Crippen molar-refractivity contribution in [1.29, 1.82) is 0 Å². The lowest BCUT2D eigenvalue weighted by molar-refractivity contribution is -0.147. The van der Waals surface area contributed by atoms with Gasteiger partial charge in [0.15, 0.2) is 0 Å². The molecule has 0 N–H and O–H groups in total. The van der Waals surface area contributed by atoms with E-state index < -0.39 is 0 Å². The molecule has 2 nitrogen and oxygen atoms in total. The molecule has 0 bridgehead atoms. The summed E-state index contributed by atoms with van der Waals surface area (Å²) in [5, 5.41) is 0. The first-order valence-electron chi connectivity index (χ1n) is 4.55. The predicted octanol–water partition coefficient (Wildman–Crippen LogP) is 2.58. The molecule has 0 rings (SSSR count). The molecule has 0 fully saturated rings. The molecule has 0 saturated carbocycles. The van der Waals surface area contributed by atoms with E-state index in [-0.39, 0.29) is 12.1 Å². The predicted molar refractivity (Wildman–Crippen MR) is 49.6 cm³/mol. The van der Waals surface area contributed by atoms with Crippen LogP contribution in [-0.2, 0) is 9.53 Å². The van der Waals surface area contributed by atoms with Gasteiger partial charge in [-0.25, -0.2) is 0 Å². The Morgan fingerprint density at radius 2 is 2.00 bits per heavy atom. The maximum absolute atomic E-state index is 11.1. The molecule has 71 valence electrons. The second kappa shape index (κ2) is 6.04.